The van der Waals surface area contributed by atoms with Gasteiger partial charge in [0.2, 0.25) is 0 Å². The first-order chi connectivity index (χ1) is 8.66. The van der Waals surface area contributed by atoms with E-state index < -0.39 is 5.97 Å². The van der Waals surface area contributed by atoms with Crippen molar-refractivity contribution < 1.29 is 19.5 Å². The molecule has 0 spiro atoms. The van der Waals surface area contributed by atoms with E-state index in [1.807, 2.05) is 0 Å². The maximum Gasteiger partial charge on any atom is 0.315 e. The Labute approximate surface area is 103 Å². The van der Waals surface area contributed by atoms with Gasteiger partial charge in [-0.05, 0) is 18.2 Å². The number of hydrogen-bond donors (Lipinski definition) is 2. The number of carboxylic acid groups (broad SMARTS) is 1. The minimum absolute atomic E-state index is 0.0514. The molecular formula is C13H9NO4. The zero-order valence-corrected chi connectivity index (χ0v) is 9.25. The highest BCUT2D eigenvalue weighted by atomic mass is 16.5. The molecule has 90 valence electrons. The Morgan fingerprint density at radius 2 is 2.22 bits per heavy atom. The van der Waals surface area contributed by atoms with E-state index in [-0.39, 0.29) is 12.2 Å². The smallest absolute Gasteiger partial charge is 0.315 e. The number of phenols is 1. The fourth-order valence-corrected chi connectivity index (χ4v) is 1.39. The van der Waals surface area contributed by atoms with E-state index in [0.29, 0.717) is 16.9 Å². The highest BCUT2D eigenvalue weighted by Crippen LogP contribution is 2.29. The molecule has 5 nitrogen and oxygen atoms in total. The molecule has 0 saturated heterocycles. The number of carboxylic acids is 1. The number of nitrogens with zero attached hydrogens (tertiary/aromatic N) is 1. The normalized spacial score (nSPS) is 9.56. The molecule has 0 amide bonds. The fourth-order valence-electron chi connectivity index (χ4n) is 1.39. The van der Waals surface area contributed by atoms with Gasteiger partial charge in [0.15, 0.2) is 5.76 Å². The van der Waals surface area contributed by atoms with Gasteiger partial charge in [-0.1, -0.05) is 17.0 Å². The summed E-state index contributed by atoms with van der Waals surface area (Å²) in [7, 11) is 0. The Kier molecular flexibility index (Phi) is 3.30. The first kappa shape index (κ1) is 11.7. The molecule has 0 atom stereocenters. The summed E-state index contributed by atoms with van der Waals surface area (Å²) in [5.41, 5.74) is 1.06. The van der Waals surface area contributed by atoms with Gasteiger partial charge in [-0.25, -0.2) is 0 Å². The van der Waals surface area contributed by atoms with E-state index in [2.05, 4.69) is 17.0 Å². The van der Waals surface area contributed by atoms with Gasteiger partial charge in [0.1, 0.15) is 12.2 Å². The van der Waals surface area contributed by atoms with E-state index in [4.69, 9.17) is 9.63 Å². The maximum absolute atomic E-state index is 10.3. The van der Waals surface area contributed by atoms with Crippen molar-refractivity contribution in [3.8, 4) is 28.9 Å². The van der Waals surface area contributed by atoms with Crippen LogP contribution < -0.4 is 0 Å². The zero-order valence-electron chi connectivity index (χ0n) is 9.25. The van der Waals surface area contributed by atoms with Gasteiger partial charge >= 0.3 is 5.97 Å². The van der Waals surface area contributed by atoms with Crippen LogP contribution in [0, 0.1) is 11.8 Å². The lowest BCUT2D eigenvalue weighted by Gasteiger charge is -2.00. The Balaban J connectivity index is 2.32. The van der Waals surface area contributed by atoms with Crippen LogP contribution in [0.25, 0.3) is 11.3 Å². The zero-order chi connectivity index (χ0) is 13.0. The lowest BCUT2D eigenvalue weighted by Crippen LogP contribution is -1.90. The van der Waals surface area contributed by atoms with Crippen molar-refractivity contribution in [2.75, 3.05) is 0 Å². The molecular weight excluding hydrogens is 234 g/mol. The topological polar surface area (TPSA) is 83.6 Å². The van der Waals surface area contributed by atoms with E-state index in [1.54, 1.807) is 18.2 Å². The number of carbonyl (C=O) groups is 1. The molecule has 0 aliphatic rings. The highest BCUT2D eigenvalue weighted by Gasteiger charge is 2.08. The van der Waals surface area contributed by atoms with Crippen LogP contribution in [0.3, 0.4) is 0 Å². The van der Waals surface area contributed by atoms with Gasteiger partial charge in [-0.3, -0.25) is 4.79 Å². The molecule has 5 heteroatoms. The standard InChI is InChI=1S/C13H9NO4/c15-11-5-4-9(2-1-3-13(16)17)8-10(11)12-6-7-14-18-12/h4-8,15H,3H2,(H,16,17). The van der Waals surface area contributed by atoms with Crippen LogP contribution in [0.2, 0.25) is 0 Å². The lowest BCUT2D eigenvalue weighted by atomic mass is 10.1. The molecule has 18 heavy (non-hydrogen) atoms. The van der Waals surface area contributed by atoms with Crippen LogP contribution in [0.4, 0.5) is 0 Å². The largest absolute Gasteiger partial charge is 0.507 e. The third-order valence-electron chi connectivity index (χ3n) is 2.17. The van der Waals surface area contributed by atoms with Gasteiger partial charge in [-0.15, -0.1) is 0 Å². The molecule has 0 aliphatic carbocycles. The summed E-state index contributed by atoms with van der Waals surface area (Å²) in [6.07, 6.45) is 1.25. The minimum Gasteiger partial charge on any atom is -0.507 e. The molecule has 1 heterocycles. The predicted molar refractivity (Wildman–Crippen MR) is 62.7 cm³/mol. The van der Waals surface area contributed by atoms with E-state index >= 15 is 0 Å². The predicted octanol–water partition coefficient (Wildman–Crippen LogP) is 1.87. The summed E-state index contributed by atoms with van der Waals surface area (Å²) in [5.74, 6) is 4.72. The van der Waals surface area contributed by atoms with Crippen LogP contribution in [-0.4, -0.2) is 21.3 Å². The van der Waals surface area contributed by atoms with Gasteiger partial charge in [0.25, 0.3) is 0 Å². The van der Waals surface area contributed by atoms with E-state index in [9.17, 15) is 9.90 Å². The van der Waals surface area contributed by atoms with Crippen LogP contribution in [0.5, 0.6) is 5.75 Å². The summed E-state index contributed by atoms with van der Waals surface area (Å²) in [6.45, 7) is 0. The van der Waals surface area contributed by atoms with E-state index in [0.717, 1.165) is 0 Å². The molecule has 0 saturated carbocycles. The summed E-state index contributed by atoms with van der Waals surface area (Å²) in [4.78, 5) is 10.3. The number of phenolic OH excluding ortho intramolecular Hbond substituents is 1. The lowest BCUT2D eigenvalue weighted by molar-refractivity contribution is -0.135. The molecule has 0 unspecified atom stereocenters. The summed E-state index contributed by atoms with van der Waals surface area (Å²) >= 11 is 0. The molecule has 1 aromatic carbocycles. The first-order valence-electron chi connectivity index (χ1n) is 5.11. The molecule has 2 N–H and O–H groups in total. The van der Waals surface area contributed by atoms with Crippen LogP contribution in [0.1, 0.15) is 12.0 Å². The van der Waals surface area contributed by atoms with Crippen molar-refractivity contribution in [2.24, 2.45) is 0 Å². The number of rotatable bonds is 2. The molecule has 0 fully saturated rings. The van der Waals surface area contributed by atoms with Crippen molar-refractivity contribution in [1.29, 1.82) is 0 Å². The Morgan fingerprint density at radius 3 is 2.89 bits per heavy atom. The fraction of sp³-hybridized carbons (Fsp3) is 0.0769. The second kappa shape index (κ2) is 5.06. The molecule has 0 bridgehead atoms. The average Bonchev–Trinajstić information content (AvgIpc) is 2.84. The Bertz CT molecular complexity index is 620. The van der Waals surface area contributed by atoms with Crippen molar-refractivity contribution in [2.45, 2.75) is 6.42 Å². The first-order valence-corrected chi connectivity index (χ1v) is 5.11. The Hall–Kier alpha value is -2.74. The molecule has 0 radical (unpaired) electrons. The summed E-state index contributed by atoms with van der Waals surface area (Å²) < 4.78 is 4.95. The summed E-state index contributed by atoms with van der Waals surface area (Å²) in [6, 6.07) is 6.31. The van der Waals surface area contributed by atoms with Crippen molar-refractivity contribution in [3.05, 3.63) is 36.0 Å². The van der Waals surface area contributed by atoms with Crippen LogP contribution in [0.15, 0.2) is 35.0 Å². The second-order valence-corrected chi connectivity index (χ2v) is 3.48. The number of aliphatic carboxylic acids is 1. The van der Waals surface area contributed by atoms with E-state index in [1.165, 1.54) is 12.3 Å². The van der Waals surface area contributed by atoms with Gasteiger partial charge in [0, 0.05) is 11.6 Å². The van der Waals surface area contributed by atoms with Crippen LogP contribution in [-0.2, 0) is 4.79 Å². The second-order valence-electron chi connectivity index (χ2n) is 3.48. The number of aromatic nitrogens is 1. The van der Waals surface area contributed by atoms with Gasteiger partial charge in [-0.2, -0.15) is 0 Å². The molecule has 1 aromatic heterocycles. The highest BCUT2D eigenvalue weighted by molar-refractivity contribution is 5.71. The minimum atomic E-state index is -0.975. The Morgan fingerprint density at radius 1 is 1.39 bits per heavy atom. The number of aromatic hydroxyl groups is 1. The van der Waals surface area contributed by atoms with Crippen LogP contribution >= 0.6 is 0 Å². The monoisotopic (exact) mass is 243 g/mol. The van der Waals surface area contributed by atoms with Crippen molar-refractivity contribution in [1.82, 2.24) is 5.16 Å². The van der Waals surface area contributed by atoms with Crippen molar-refractivity contribution in [3.63, 3.8) is 0 Å². The molecule has 2 rings (SSSR count). The third kappa shape index (κ3) is 2.68. The van der Waals surface area contributed by atoms with Gasteiger partial charge in [0.05, 0.1) is 11.8 Å². The van der Waals surface area contributed by atoms with Gasteiger partial charge < -0.3 is 14.7 Å². The maximum atomic E-state index is 10.3. The number of benzene rings is 1. The third-order valence-corrected chi connectivity index (χ3v) is 2.17. The molecule has 2 aromatic rings. The average molecular weight is 243 g/mol. The quantitative estimate of drug-likeness (QED) is 0.786. The van der Waals surface area contributed by atoms with Crippen molar-refractivity contribution >= 4 is 5.97 Å². The SMILES string of the molecule is O=C(O)CC#Cc1ccc(O)c(-c2ccno2)c1. The summed E-state index contributed by atoms with van der Waals surface area (Å²) in [5, 5.41) is 21.7. The molecule has 0 aliphatic heterocycles. The number of hydrogen-bond acceptors (Lipinski definition) is 4.